The van der Waals surface area contributed by atoms with Gasteiger partial charge in [0.2, 0.25) is 5.88 Å². The Kier molecular flexibility index (Phi) is 2.32. The lowest BCUT2D eigenvalue weighted by Crippen LogP contribution is -2.17. The van der Waals surface area contributed by atoms with Crippen LogP contribution in [0.25, 0.3) is 0 Å². The Morgan fingerprint density at radius 1 is 1.75 bits per heavy atom. The second kappa shape index (κ2) is 3.25. The largest absolute Gasteiger partial charge is 0.479 e. The summed E-state index contributed by atoms with van der Waals surface area (Å²) in [6, 6.07) is 0. The quantitative estimate of drug-likeness (QED) is 0.666. The molecule has 0 aliphatic heterocycles. The molecule has 0 spiro atoms. The van der Waals surface area contributed by atoms with Gasteiger partial charge in [-0.15, -0.1) is 5.10 Å². The van der Waals surface area contributed by atoms with Crippen LogP contribution < -0.4 is 10.1 Å². The second-order valence-corrected chi connectivity index (χ2v) is 2.30. The predicted molar refractivity (Wildman–Crippen MR) is 43.2 cm³/mol. The highest BCUT2D eigenvalue weighted by Gasteiger charge is 2.13. The van der Waals surface area contributed by atoms with Crippen LogP contribution in [-0.4, -0.2) is 29.8 Å². The van der Waals surface area contributed by atoms with Gasteiger partial charge in [0.15, 0.2) is 0 Å². The molecule has 1 amide bonds. The van der Waals surface area contributed by atoms with E-state index < -0.39 is 0 Å². The van der Waals surface area contributed by atoms with Gasteiger partial charge in [0, 0.05) is 20.3 Å². The number of ether oxygens (including phenoxy) is 1. The van der Waals surface area contributed by atoms with Crippen LogP contribution in [0.4, 0.5) is 0 Å². The van der Waals surface area contributed by atoms with Gasteiger partial charge >= 0.3 is 0 Å². The number of carbonyl (C=O) groups excluding carboxylic acids is 1. The molecule has 1 aromatic rings. The standard InChI is InChI=1S/C7H11N3O2/c1-8-6(11)5-4-10(2)9-7(5)12-3/h4H,1-3H3,(H,8,11). The Morgan fingerprint density at radius 2 is 2.42 bits per heavy atom. The predicted octanol–water partition coefficient (Wildman–Crippen LogP) is -0.212. The van der Waals surface area contributed by atoms with E-state index in [1.165, 1.54) is 11.8 Å². The summed E-state index contributed by atoms with van der Waals surface area (Å²) in [7, 11) is 4.78. The number of rotatable bonds is 2. The van der Waals surface area contributed by atoms with Crippen molar-refractivity contribution in [3.05, 3.63) is 11.8 Å². The van der Waals surface area contributed by atoms with Crippen LogP contribution in [0.1, 0.15) is 10.4 Å². The molecular formula is C7H11N3O2. The summed E-state index contributed by atoms with van der Waals surface area (Å²) in [6.07, 6.45) is 1.61. The highest BCUT2D eigenvalue weighted by molar-refractivity contribution is 5.95. The molecule has 0 aliphatic rings. The molecule has 0 fully saturated rings. The van der Waals surface area contributed by atoms with Crippen LogP contribution in [0.3, 0.4) is 0 Å². The Labute approximate surface area is 70.3 Å². The first-order valence-electron chi connectivity index (χ1n) is 3.48. The summed E-state index contributed by atoms with van der Waals surface area (Å²) < 4.78 is 6.43. The van der Waals surface area contributed by atoms with Crippen LogP contribution in [0, 0.1) is 0 Å². The fraction of sp³-hybridized carbons (Fsp3) is 0.429. The van der Waals surface area contributed by atoms with Crippen molar-refractivity contribution in [2.45, 2.75) is 0 Å². The molecule has 0 unspecified atom stereocenters. The number of hydrogen-bond acceptors (Lipinski definition) is 3. The molecule has 0 saturated carbocycles. The zero-order chi connectivity index (χ0) is 9.14. The summed E-state index contributed by atoms with van der Waals surface area (Å²) in [6.45, 7) is 0. The lowest BCUT2D eigenvalue weighted by atomic mass is 10.3. The van der Waals surface area contributed by atoms with Gasteiger partial charge in [0.25, 0.3) is 5.91 Å². The van der Waals surface area contributed by atoms with E-state index in [9.17, 15) is 4.79 Å². The van der Waals surface area contributed by atoms with Crippen LogP contribution >= 0.6 is 0 Å². The number of methoxy groups -OCH3 is 1. The molecule has 0 aromatic carbocycles. The molecule has 1 heterocycles. The zero-order valence-electron chi connectivity index (χ0n) is 7.29. The van der Waals surface area contributed by atoms with Crippen molar-refractivity contribution in [2.75, 3.05) is 14.2 Å². The van der Waals surface area contributed by atoms with Crippen molar-refractivity contribution in [3.63, 3.8) is 0 Å². The highest BCUT2D eigenvalue weighted by Crippen LogP contribution is 2.13. The minimum atomic E-state index is -0.194. The smallest absolute Gasteiger partial charge is 0.258 e. The Hall–Kier alpha value is -1.52. The molecule has 0 aliphatic carbocycles. The molecule has 0 bridgehead atoms. The van der Waals surface area contributed by atoms with E-state index in [0.29, 0.717) is 11.4 Å². The molecule has 0 saturated heterocycles. The summed E-state index contributed by atoms with van der Waals surface area (Å²) in [5.74, 6) is 0.150. The monoisotopic (exact) mass is 169 g/mol. The molecule has 66 valence electrons. The van der Waals surface area contributed by atoms with Gasteiger partial charge in [-0.1, -0.05) is 0 Å². The van der Waals surface area contributed by atoms with Crippen molar-refractivity contribution < 1.29 is 9.53 Å². The maximum absolute atomic E-state index is 11.2. The molecular weight excluding hydrogens is 158 g/mol. The molecule has 5 heteroatoms. The van der Waals surface area contributed by atoms with E-state index in [1.54, 1.807) is 20.3 Å². The lowest BCUT2D eigenvalue weighted by Gasteiger charge is -1.97. The maximum Gasteiger partial charge on any atom is 0.258 e. The Morgan fingerprint density at radius 3 is 2.92 bits per heavy atom. The number of nitrogens with zero attached hydrogens (tertiary/aromatic N) is 2. The third-order valence-corrected chi connectivity index (χ3v) is 1.46. The van der Waals surface area contributed by atoms with E-state index in [4.69, 9.17) is 4.74 Å². The minimum Gasteiger partial charge on any atom is -0.479 e. The van der Waals surface area contributed by atoms with Gasteiger partial charge in [0.05, 0.1) is 7.11 Å². The molecule has 0 atom stereocenters. The Balaban J connectivity index is 3.04. The van der Waals surface area contributed by atoms with Crippen molar-refractivity contribution in [1.29, 1.82) is 0 Å². The number of carbonyl (C=O) groups is 1. The highest BCUT2D eigenvalue weighted by atomic mass is 16.5. The molecule has 12 heavy (non-hydrogen) atoms. The first-order chi connectivity index (χ1) is 5.69. The lowest BCUT2D eigenvalue weighted by molar-refractivity contribution is 0.0960. The average molecular weight is 169 g/mol. The second-order valence-electron chi connectivity index (χ2n) is 2.30. The van der Waals surface area contributed by atoms with Crippen molar-refractivity contribution in [2.24, 2.45) is 7.05 Å². The fourth-order valence-electron chi connectivity index (χ4n) is 0.909. The first-order valence-corrected chi connectivity index (χ1v) is 3.48. The topological polar surface area (TPSA) is 56.2 Å². The number of amides is 1. The van der Waals surface area contributed by atoms with E-state index in [2.05, 4.69) is 10.4 Å². The zero-order valence-corrected chi connectivity index (χ0v) is 7.29. The van der Waals surface area contributed by atoms with Gasteiger partial charge in [-0.25, -0.2) is 0 Å². The SMILES string of the molecule is CNC(=O)c1cn(C)nc1OC. The normalized spacial score (nSPS) is 9.58. The molecule has 0 radical (unpaired) electrons. The number of nitrogens with one attached hydrogen (secondary N) is 1. The first kappa shape index (κ1) is 8.58. The molecule has 1 aromatic heterocycles. The Bertz CT molecular complexity index is 293. The summed E-state index contributed by atoms with van der Waals surface area (Å²) in [5.41, 5.74) is 0.447. The molecule has 1 rings (SSSR count). The number of aryl methyl sites for hydroxylation is 1. The number of aromatic nitrogens is 2. The van der Waals surface area contributed by atoms with Gasteiger partial charge in [-0.3, -0.25) is 9.48 Å². The third kappa shape index (κ3) is 1.39. The van der Waals surface area contributed by atoms with Crippen LogP contribution in [-0.2, 0) is 7.05 Å². The van der Waals surface area contributed by atoms with Gasteiger partial charge in [-0.05, 0) is 0 Å². The molecule has 1 N–H and O–H groups in total. The van der Waals surface area contributed by atoms with Crippen LogP contribution in [0.15, 0.2) is 6.20 Å². The summed E-state index contributed by atoms with van der Waals surface area (Å²) in [4.78, 5) is 11.2. The van der Waals surface area contributed by atoms with Crippen molar-refractivity contribution in [1.82, 2.24) is 15.1 Å². The number of hydrogen-bond donors (Lipinski definition) is 1. The maximum atomic E-state index is 11.2. The van der Waals surface area contributed by atoms with E-state index in [-0.39, 0.29) is 5.91 Å². The summed E-state index contributed by atoms with van der Waals surface area (Å²) >= 11 is 0. The van der Waals surface area contributed by atoms with Gasteiger partial charge in [0.1, 0.15) is 5.56 Å². The van der Waals surface area contributed by atoms with Gasteiger partial charge < -0.3 is 10.1 Å². The summed E-state index contributed by atoms with van der Waals surface area (Å²) in [5, 5.41) is 6.43. The van der Waals surface area contributed by atoms with Crippen LogP contribution in [0.5, 0.6) is 5.88 Å². The van der Waals surface area contributed by atoms with Gasteiger partial charge in [-0.2, -0.15) is 0 Å². The van der Waals surface area contributed by atoms with Crippen molar-refractivity contribution >= 4 is 5.91 Å². The fourth-order valence-corrected chi connectivity index (χ4v) is 0.909. The van der Waals surface area contributed by atoms with Crippen molar-refractivity contribution in [3.8, 4) is 5.88 Å². The van der Waals surface area contributed by atoms with E-state index in [1.807, 2.05) is 0 Å². The van der Waals surface area contributed by atoms with E-state index >= 15 is 0 Å². The molecule has 5 nitrogen and oxygen atoms in total. The van der Waals surface area contributed by atoms with Crippen LogP contribution in [0.2, 0.25) is 0 Å². The third-order valence-electron chi connectivity index (χ3n) is 1.46. The minimum absolute atomic E-state index is 0.194. The van der Waals surface area contributed by atoms with E-state index in [0.717, 1.165) is 0 Å². The average Bonchev–Trinajstić information content (AvgIpc) is 2.45.